The first-order valence-corrected chi connectivity index (χ1v) is 49.4. The predicted molar refractivity (Wildman–Crippen MR) is 550 cm³/mol. The van der Waals surface area contributed by atoms with Crippen molar-refractivity contribution >= 4 is 140 Å². The molecule has 5 fully saturated rings. The van der Waals surface area contributed by atoms with Crippen molar-refractivity contribution in [2.75, 3.05) is 124 Å². The van der Waals surface area contributed by atoms with E-state index in [1.807, 2.05) is 130 Å². The third kappa shape index (κ3) is 27.7. The van der Waals surface area contributed by atoms with Gasteiger partial charge in [-0.25, -0.2) is 38.7 Å². The zero-order valence-electron chi connectivity index (χ0n) is 81.5. The first kappa shape index (κ1) is 103. The number of likely N-dealkylation sites (tertiary alicyclic amines) is 5. The maximum atomic E-state index is 15.3. The molecule has 5 aliphatic rings. The van der Waals surface area contributed by atoms with Gasteiger partial charge in [0.25, 0.3) is 0 Å². The maximum absolute atomic E-state index is 15.3. The fraction of sp³-hybridized carbons (Fsp3) is 0.406. The number of primary amides is 2. The molecule has 0 unspecified atom stereocenters. The summed E-state index contributed by atoms with van der Waals surface area (Å²) in [5.41, 5.74) is 27.4. The minimum atomic E-state index is -0.287. The van der Waals surface area contributed by atoms with Crippen LogP contribution in [0.4, 0.5) is 78.6 Å². The van der Waals surface area contributed by atoms with Crippen LogP contribution < -0.4 is 48.1 Å². The Balaban J connectivity index is 0.000000143. The Morgan fingerprint density at radius 3 is 1.13 bits per heavy atom. The van der Waals surface area contributed by atoms with Crippen molar-refractivity contribution in [1.82, 2.24) is 110 Å². The summed E-state index contributed by atoms with van der Waals surface area (Å²) >= 11 is 25.1. The minimum absolute atomic E-state index is 0.118. The number of aryl methyl sites for hydroxylation is 9. The van der Waals surface area contributed by atoms with Gasteiger partial charge in [-0.15, -0.1) is 0 Å². The standard InChI is InChI=1S/C27H33ClFN7O.C27H29ClFN7O.C24H31ClN8O.C23H29ClN8O2/c2*1-17-11-20(13-24-30-15-22(28)27(31-24)32-25-12-18(2)33-34-25)23(29)14-21(17)19-5-9-36(10-6-19)26(37)16-35-7-3-4-8-35;1-4-16-11-20(14(2)9-18(16)17-5-7-33(8-6-17)13-21(26)34)28-24-27-12-19(25)23(30-24)29-22-10-15(3)31-32-22;1-13-8-16(15-4-6-32(7-5-15)12-20(25)33)19(34-3)10-18(13)27-23-26-11-17(24)22(29-23)28-21-9-14(2)30-31-21/h11-12,14-15,19H,3-10,13,16H2,1-2H3,(H2,30,31,32,33,34);3-4,7-8,11-12,14-15,19H,5-6,9-10,13,16H2,1-2H3,(H2,30,31,32,33,34);9-12,17H,4-8,13H2,1-3H3,(H2,26,34)(H3,27,28,29,30,31,32);8-11,15H,4-7,12H2,1-3H3,(H2,25,33)(H3,26,27,28,29,30,31). The molecule has 0 aliphatic carbocycles. The predicted octanol–water partition coefficient (Wildman–Crippen LogP) is 17.7. The number of piperidine rings is 4. The number of hydrogen-bond donors (Lipinski definition) is 12. The molecule has 0 bridgehead atoms. The van der Waals surface area contributed by atoms with E-state index in [0.717, 1.165) is 189 Å². The molecule has 35 nitrogen and oxygen atoms in total. The van der Waals surface area contributed by atoms with Crippen LogP contribution in [-0.4, -0.2) is 226 Å². The number of halogens is 6. The van der Waals surface area contributed by atoms with Crippen molar-refractivity contribution in [3.05, 3.63) is 249 Å². The molecule has 0 saturated carbocycles. The highest BCUT2D eigenvalue weighted by atomic mass is 35.5. The van der Waals surface area contributed by atoms with E-state index < -0.39 is 0 Å². The van der Waals surface area contributed by atoms with E-state index in [2.05, 4.69) is 159 Å². The summed E-state index contributed by atoms with van der Waals surface area (Å²) in [6.45, 7) is 27.8. The van der Waals surface area contributed by atoms with Gasteiger partial charge in [-0.05, 0) is 280 Å². The highest BCUT2D eigenvalue weighted by Crippen LogP contribution is 2.42. The van der Waals surface area contributed by atoms with Gasteiger partial charge < -0.3 is 62.5 Å². The lowest BCUT2D eigenvalue weighted by molar-refractivity contribution is -0.133. The summed E-state index contributed by atoms with van der Waals surface area (Å²) in [4.78, 5) is 93.4. The maximum Gasteiger partial charge on any atom is 0.242 e. The number of aromatic amines is 4. The lowest BCUT2D eigenvalue weighted by Crippen LogP contribution is -2.43. The topological polar surface area (TPSA) is 441 Å². The number of H-pyrrole nitrogens is 4. The van der Waals surface area contributed by atoms with Gasteiger partial charge >= 0.3 is 0 Å². The average Bonchev–Trinajstić information content (AvgIpc) is 1.29. The van der Waals surface area contributed by atoms with Crippen LogP contribution in [-0.2, 0) is 45.0 Å². The Bertz CT molecular complexity index is 6370. The Morgan fingerprint density at radius 2 is 0.754 bits per heavy atom. The molecule has 0 radical (unpaired) electrons. The number of carbonyl (C=O) groups is 4. The van der Waals surface area contributed by atoms with E-state index in [4.69, 9.17) is 62.6 Å². The van der Waals surface area contributed by atoms with Crippen LogP contribution in [0.25, 0.3) is 0 Å². The molecule has 14 N–H and O–H groups in total. The molecule has 4 amide bonds. The molecule has 41 heteroatoms. The molecule has 0 atom stereocenters. The summed E-state index contributed by atoms with van der Waals surface area (Å²) < 4.78 is 38.1. The van der Waals surface area contributed by atoms with E-state index >= 15 is 8.78 Å². The Morgan fingerprint density at radius 1 is 0.401 bits per heavy atom. The number of methoxy groups -OCH3 is 1. The summed E-state index contributed by atoms with van der Waals surface area (Å²) in [7, 11) is 1.67. The summed E-state index contributed by atoms with van der Waals surface area (Å²) in [5, 5.41) is 48.6. The molecule has 0 spiro atoms. The number of ether oxygens (including phenoxy) is 1. The molecule has 5 aliphatic heterocycles. The Kier molecular flexibility index (Phi) is 34.8. The number of benzene rings is 4. The lowest BCUT2D eigenvalue weighted by Gasteiger charge is -2.34. The molecular weight excluding hydrogens is 1890 g/mol. The quantitative estimate of drug-likeness (QED) is 0.0199. The van der Waals surface area contributed by atoms with E-state index in [9.17, 15) is 19.2 Å². The zero-order valence-corrected chi connectivity index (χ0v) is 84.5. The van der Waals surface area contributed by atoms with Gasteiger partial charge in [-0.3, -0.25) is 54.3 Å². The van der Waals surface area contributed by atoms with Gasteiger partial charge in [0.2, 0.25) is 35.5 Å². The number of nitrogens with zero attached hydrogens (tertiary/aromatic N) is 18. The summed E-state index contributed by atoms with van der Waals surface area (Å²) in [6, 6.07) is 26.9. The number of hydrogen-bond acceptors (Lipinski definition) is 26. The van der Waals surface area contributed by atoms with Crippen LogP contribution >= 0.6 is 46.4 Å². The second kappa shape index (κ2) is 48.0. The van der Waals surface area contributed by atoms with Crippen LogP contribution in [0, 0.1) is 67.0 Å². The molecule has 5 saturated heterocycles. The van der Waals surface area contributed by atoms with Gasteiger partial charge in [-0.1, -0.05) is 77.6 Å². The molecule has 18 rings (SSSR count). The number of nitrogens with one attached hydrogen (secondary N) is 10. The van der Waals surface area contributed by atoms with E-state index in [0.29, 0.717) is 152 Å². The van der Waals surface area contributed by atoms with Gasteiger partial charge in [0.15, 0.2) is 46.5 Å². The van der Waals surface area contributed by atoms with Crippen LogP contribution in [0.3, 0.4) is 0 Å². The molecule has 13 aromatic rings. The second-order valence-corrected chi connectivity index (χ2v) is 38.6. The Labute approximate surface area is 843 Å². The van der Waals surface area contributed by atoms with Gasteiger partial charge in [0.1, 0.15) is 55.7 Å². The highest BCUT2D eigenvalue weighted by Gasteiger charge is 2.32. The number of amides is 4. The van der Waals surface area contributed by atoms with Crippen LogP contribution in [0.5, 0.6) is 5.75 Å². The fourth-order valence-corrected chi connectivity index (χ4v) is 19.4. The largest absolute Gasteiger partial charge is 0.496 e. The monoisotopic (exact) mass is 2010 g/mol. The fourth-order valence-electron chi connectivity index (χ4n) is 18.9. The number of nitrogens with two attached hydrogens (primary N) is 2. The smallest absolute Gasteiger partial charge is 0.242 e. The first-order chi connectivity index (χ1) is 68.3. The molecule has 9 aromatic heterocycles. The van der Waals surface area contributed by atoms with Crippen molar-refractivity contribution in [2.45, 2.75) is 176 Å². The van der Waals surface area contributed by atoms with Crippen molar-refractivity contribution < 1.29 is 32.7 Å². The lowest BCUT2D eigenvalue weighted by atomic mass is 9.84. The zero-order chi connectivity index (χ0) is 100. The summed E-state index contributed by atoms with van der Waals surface area (Å²) in [6.07, 6.45) is 21.0. The van der Waals surface area contributed by atoms with Crippen molar-refractivity contribution in [3.8, 4) is 5.75 Å². The van der Waals surface area contributed by atoms with Gasteiger partial charge in [0.05, 0.1) is 51.5 Å². The molecule has 142 heavy (non-hydrogen) atoms. The molecular formula is C101H122Cl4F2N30O5. The van der Waals surface area contributed by atoms with E-state index in [1.165, 1.54) is 36.4 Å². The second-order valence-electron chi connectivity index (χ2n) is 37.0. The van der Waals surface area contributed by atoms with E-state index in [-0.39, 0.29) is 59.9 Å². The molecule has 14 heterocycles. The first-order valence-electron chi connectivity index (χ1n) is 47.9. The van der Waals surface area contributed by atoms with E-state index in [1.54, 1.807) is 31.6 Å². The van der Waals surface area contributed by atoms with Crippen LogP contribution in [0.2, 0.25) is 20.1 Å². The number of aromatic nitrogens is 17. The third-order valence-electron chi connectivity index (χ3n) is 26.3. The number of carbonyl (C=O) groups excluding carboxylic acids is 4. The third-order valence-corrected chi connectivity index (χ3v) is 27.4. The normalized spacial score (nSPS) is 15.2. The van der Waals surface area contributed by atoms with Crippen LogP contribution in [0.1, 0.15) is 190 Å². The summed E-state index contributed by atoms with van der Waals surface area (Å²) in [5.74, 6) is 7.37. The number of anilines is 12. The molecule has 4 aromatic carbocycles. The van der Waals surface area contributed by atoms with Crippen molar-refractivity contribution in [1.29, 1.82) is 0 Å². The molecule has 748 valence electrons. The minimum Gasteiger partial charge on any atom is -0.496 e. The SMILES string of the molecule is CCc1cc(Nc2ncc(Cl)c(Nc3cc(C)[nH]n3)n2)c(C)cc1C1CCN(CC(N)=O)CC1.COc1cc(Nc2ncc(Cl)c(Nc3cc(C)[nH]n3)n2)c(C)cc1C1CCN(CC(N)=O)CC1.Cc1cc(Nc2nc(Cc3cc(C)c(C4CCN(C(=O)CN5CCCC5)CC4)cc3F)ncc2Cl)n[nH]1.Cc1cc(Nc2nc(Cc3cc(C)c(C4CCN(C(=O)Cn5cccc5)CC4)cc3F)ncc2Cl)n[nH]1. The highest BCUT2D eigenvalue weighted by molar-refractivity contribution is 6.34. The Hall–Kier alpha value is -13.3. The van der Waals surface area contributed by atoms with Crippen molar-refractivity contribution in [3.63, 3.8) is 0 Å². The van der Waals surface area contributed by atoms with Gasteiger partial charge in [-0.2, -0.15) is 30.4 Å². The number of rotatable bonds is 30. The van der Waals surface area contributed by atoms with Crippen molar-refractivity contribution in [2.24, 2.45) is 11.5 Å². The van der Waals surface area contributed by atoms with Gasteiger partial charge in [0, 0.05) is 116 Å². The average molecular weight is 2020 g/mol. The van der Waals surface area contributed by atoms with Crippen LogP contribution in [0.15, 0.2) is 122 Å².